The van der Waals surface area contributed by atoms with E-state index in [4.69, 9.17) is 20.9 Å². The maximum Gasteiger partial charge on any atom is 0.279 e. The number of rotatable bonds is 3. The molecule has 9 nitrogen and oxygen atoms in total. The lowest BCUT2D eigenvalue weighted by Gasteiger charge is -2.10. The van der Waals surface area contributed by atoms with Crippen LogP contribution >= 0.6 is 11.6 Å². The molecule has 10 heteroatoms. The Morgan fingerprint density at radius 1 is 1.43 bits per heavy atom. The van der Waals surface area contributed by atoms with E-state index >= 15 is 0 Å². The molecule has 0 aliphatic heterocycles. The summed E-state index contributed by atoms with van der Waals surface area (Å²) in [5.41, 5.74) is 1.57. The van der Waals surface area contributed by atoms with Crippen molar-refractivity contribution < 1.29 is 14.0 Å². The van der Waals surface area contributed by atoms with Gasteiger partial charge in [-0.15, -0.1) is 0 Å². The van der Waals surface area contributed by atoms with Crippen molar-refractivity contribution in [3.05, 3.63) is 45.8 Å². The summed E-state index contributed by atoms with van der Waals surface area (Å²) in [7, 11) is 1.61. The van der Waals surface area contributed by atoms with Crippen LogP contribution in [0.3, 0.4) is 0 Å². The molecule has 0 bridgehead atoms. The van der Waals surface area contributed by atoms with Gasteiger partial charge in [-0.05, 0) is 25.0 Å². The first kappa shape index (κ1) is 16.9. The van der Waals surface area contributed by atoms with Crippen molar-refractivity contribution in [2.24, 2.45) is 0 Å². The minimum absolute atomic E-state index is 0.116. The number of aromatic nitrogens is 5. The maximum absolute atomic E-state index is 13.0. The summed E-state index contributed by atoms with van der Waals surface area (Å²) in [6.07, 6.45) is 3.21. The fourth-order valence-corrected chi connectivity index (χ4v) is 3.69. The quantitative estimate of drug-likeness (QED) is 0.386. The Balaban J connectivity index is 1.79. The molecular weight excluding hydrogens is 384 g/mol. The zero-order valence-electron chi connectivity index (χ0n) is 14.9. The fraction of sp³-hybridized carbons (Fsp3) is 0.278. The van der Waals surface area contributed by atoms with Gasteiger partial charge in [-0.25, -0.2) is 4.98 Å². The maximum atomic E-state index is 13.0. The molecule has 1 saturated carbocycles. The molecular formula is C18H13ClN6O3. The highest BCUT2D eigenvalue weighted by atomic mass is 35.5. The standard InChI is InChI=1S/C18H13ClN6O3/c1-9-14-13(16-22-17(23-28-16)18(27-2)5-6-18)21-8-24(14)12-4-3-11(19)10(7-20)15(12)25(9)26/h3-4,8H,5-6H2,1-2H3. The summed E-state index contributed by atoms with van der Waals surface area (Å²) in [6, 6.07) is 5.26. The highest BCUT2D eigenvalue weighted by Gasteiger charge is 2.49. The van der Waals surface area contributed by atoms with E-state index in [0.29, 0.717) is 33.0 Å². The van der Waals surface area contributed by atoms with Gasteiger partial charge < -0.3 is 14.5 Å². The number of benzene rings is 1. The molecule has 1 fully saturated rings. The number of nitrogens with zero attached hydrogens (tertiary/aromatic N) is 6. The molecule has 1 aliphatic rings. The Morgan fingerprint density at radius 2 is 2.21 bits per heavy atom. The zero-order valence-corrected chi connectivity index (χ0v) is 15.7. The summed E-state index contributed by atoms with van der Waals surface area (Å²) >= 11 is 6.10. The van der Waals surface area contributed by atoms with Gasteiger partial charge in [-0.3, -0.25) is 4.40 Å². The number of hydrogen-bond acceptors (Lipinski definition) is 7. The van der Waals surface area contributed by atoms with Gasteiger partial charge in [-0.1, -0.05) is 16.8 Å². The lowest BCUT2D eigenvalue weighted by atomic mass is 10.1. The summed E-state index contributed by atoms with van der Waals surface area (Å²) in [5.74, 6) is 0.677. The Labute approximate surface area is 163 Å². The summed E-state index contributed by atoms with van der Waals surface area (Å²) < 4.78 is 13.3. The van der Waals surface area contributed by atoms with Crippen LogP contribution in [0.1, 0.15) is 29.9 Å². The molecule has 1 aromatic carbocycles. The second-order valence-electron chi connectivity index (χ2n) is 6.72. The SMILES string of the molecule is COC1(c2noc(-c3ncn4c3c(C)[n+]([O-])c3c(C#N)c(Cl)ccc34)n2)CC1. The predicted molar refractivity (Wildman–Crippen MR) is 97.3 cm³/mol. The van der Waals surface area contributed by atoms with Crippen molar-refractivity contribution in [2.75, 3.05) is 7.11 Å². The van der Waals surface area contributed by atoms with Crippen LogP contribution in [-0.2, 0) is 10.3 Å². The number of hydrogen-bond donors (Lipinski definition) is 0. The molecule has 0 unspecified atom stereocenters. The van der Waals surface area contributed by atoms with E-state index in [0.717, 1.165) is 12.8 Å². The van der Waals surface area contributed by atoms with Crippen molar-refractivity contribution in [1.82, 2.24) is 19.5 Å². The van der Waals surface area contributed by atoms with E-state index in [-0.39, 0.29) is 22.0 Å². The first-order chi connectivity index (χ1) is 13.5. The first-order valence-corrected chi connectivity index (χ1v) is 8.90. The molecule has 140 valence electrons. The zero-order chi connectivity index (χ0) is 19.6. The van der Waals surface area contributed by atoms with E-state index in [2.05, 4.69) is 15.1 Å². The average molecular weight is 397 g/mol. The Hall–Kier alpha value is -3.22. The molecule has 0 N–H and O–H groups in total. The Morgan fingerprint density at radius 3 is 2.89 bits per heavy atom. The second-order valence-corrected chi connectivity index (χ2v) is 7.12. The van der Waals surface area contributed by atoms with Crippen molar-refractivity contribution in [1.29, 1.82) is 5.26 Å². The molecule has 3 aromatic heterocycles. The van der Waals surface area contributed by atoms with Crippen LogP contribution in [0.5, 0.6) is 0 Å². The highest BCUT2D eigenvalue weighted by molar-refractivity contribution is 6.32. The van der Waals surface area contributed by atoms with Gasteiger partial charge in [0.2, 0.25) is 11.5 Å². The minimum Gasteiger partial charge on any atom is -0.618 e. The van der Waals surface area contributed by atoms with Crippen LogP contribution in [0, 0.1) is 23.5 Å². The van der Waals surface area contributed by atoms with Gasteiger partial charge >= 0.3 is 0 Å². The van der Waals surface area contributed by atoms with Crippen LogP contribution in [0.25, 0.3) is 28.1 Å². The van der Waals surface area contributed by atoms with E-state index in [1.54, 1.807) is 36.9 Å². The Bertz CT molecular complexity index is 1310. The largest absolute Gasteiger partial charge is 0.618 e. The average Bonchev–Trinajstić information content (AvgIpc) is 3.13. The molecule has 0 amide bonds. The highest BCUT2D eigenvalue weighted by Crippen LogP contribution is 2.47. The van der Waals surface area contributed by atoms with Crippen LogP contribution in [0.15, 0.2) is 23.0 Å². The second kappa shape index (κ2) is 5.64. The molecule has 0 atom stereocenters. The van der Waals surface area contributed by atoms with Crippen LogP contribution in [0.4, 0.5) is 0 Å². The normalized spacial score (nSPS) is 15.2. The third-order valence-electron chi connectivity index (χ3n) is 5.23. The topological polar surface area (TPSA) is 116 Å². The van der Waals surface area contributed by atoms with Crippen molar-refractivity contribution >= 4 is 28.2 Å². The molecule has 1 aliphatic carbocycles. The molecule has 4 aromatic rings. The number of aryl methyl sites for hydroxylation is 1. The predicted octanol–water partition coefficient (Wildman–Crippen LogP) is 2.64. The van der Waals surface area contributed by atoms with E-state index in [1.165, 1.54) is 0 Å². The fourth-order valence-electron chi connectivity index (χ4n) is 3.50. The molecule has 0 spiro atoms. The third-order valence-corrected chi connectivity index (χ3v) is 5.54. The van der Waals surface area contributed by atoms with Gasteiger partial charge in [0.1, 0.15) is 34.6 Å². The summed E-state index contributed by atoms with van der Waals surface area (Å²) in [6.45, 7) is 1.64. The van der Waals surface area contributed by atoms with E-state index < -0.39 is 5.60 Å². The van der Waals surface area contributed by atoms with E-state index in [1.807, 2.05) is 6.07 Å². The Kier molecular flexibility index (Phi) is 3.41. The lowest BCUT2D eigenvalue weighted by molar-refractivity contribution is -0.583. The minimum atomic E-state index is -0.490. The molecule has 28 heavy (non-hydrogen) atoms. The van der Waals surface area contributed by atoms with Gasteiger partial charge in [0.15, 0.2) is 5.69 Å². The third kappa shape index (κ3) is 2.10. The number of imidazole rings is 1. The summed E-state index contributed by atoms with van der Waals surface area (Å²) in [4.78, 5) is 8.84. The molecule has 0 radical (unpaired) electrons. The number of nitriles is 1. The summed E-state index contributed by atoms with van der Waals surface area (Å²) in [5, 5.41) is 26.6. The van der Waals surface area contributed by atoms with Crippen LogP contribution < -0.4 is 4.73 Å². The van der Waals surface area contributed by atoms with Crippen LogP contribution in [-0.4, -0.2) is 26.6 Å². The van der Waals surface area contributed by atoms with Crippen molar-refractivity contribution in [2.45, 2.75) is 25.4 Å². The van der Waals surface area contributed by atoms with Gasteiger partial charge in [0, 0.05) is 14.0 Å². The number of halogens is 1. The van der Waals surface area contributed by atoms with Gasteiger partial charge in [-0.2, -0.15) is 15.0 Å². The van der Waals surface area contributed by atoms with Crippen LogP contribution in [0.2, 0.25) is 5.02 Å². The first-order valence-electron chi connectivity index (χ1n) is 8.52. The van der Waals surface area contributed by atoms with Gasteiger partial charge in [0.25, 0.3) is 11.4 Å². The van der Waals surface area contributed by atoms with Crippen molar-refractivity contribution in [3.63, 3.8) is 0 Å². The van der Waals surface area contributed by atoms with Crippen molar-refractivity contribution in [3.8, 4) is 17.7 Å². The molecule has 5 rings (SSSR count). The number of fused-ring (bicyclic) bond motifs is 3. The van der Waals surface area contributed by atoms with E-state index in [9.17, 15) is 10.5 Å². The monoisotopic (exact) mass is 396 g/mol. The number of methoxy groups -OCH3 is 1. The van der Waals surface area contributed by atoms with Gasteiger partial charge in [0.05, 0.1) is 5.02 Å². The lowest BCUT2D eigenvalue weighted by Crippen LogP contribution is -2.33. The molecule has 0 saturated heterocycles. The smallest absolute Gasteiger partial charge is 0.279 e. The number of ether oxygens (including phenoxy) is 1. The molecule has 3 heterocycles.